The van der Waals surface area contributed by atoms with Crippen LogP contribution in [0.2, 0.25) is 0 Å². The van der Waals surface area contributed by atoms with Gasteiger partial charge in [-0.1, -0.05) is 23.8 Å². The molecular formula is C32H38N4O4. The summed E-state index contributed by atoms with van der Waals surface area (Å²) in [5.41, 5.74) is 4.49. The third-order valence-corrected chi connectivity index (χ3v) is 8.15. The number of ketones is 1. The van der Waals surface area contributed by atoms with E-state index in [-0.39, 0.29) is 24.6 Å². The monoisotopic (exact) mass is 542 g/mol. The number of aryl methyl sites for hydroxylation is 1. The van der Waals surface area contributed by atoms with E-state index in [0.29, 0.717) is 31.6 Å². The Hall–Kier alpha value is -3.38. The van der Waals surface area contributed by atoms with Crippen LogP contribution >= 0.6 is 0 Å². The Kier molecular flexibility index (Phi) is 9.05. The van der Waals surface area contributed by atoms with Crippen LogP contribution in [0.15, 0.2) is 48.8 Å². The Balaban J connectivity index is 1.13. The lowest BCUT2D eigenvalue weighted by Crippen LogP contribution is -2.34. The van der Waals surface area contributed by atoms with E-state index in [4.69, 9.17) is 14.2 Å². The molecule has 0 amide bonds. The SMILES string of the molecule is Cc1ccc(-n2ncc(C(=O)Cc3ccc(C4(C#N)CCC(OCCOC5CCCCO5)CC4)nc3)c2C)cc1. The van der Waals surface area contributed by atoms with E-state index in [1.807, 2.05) is 50.2 Å². The average Bonchev–Trinajstić information content (AvgIpc) is 3.38. The number of ether oxygens (including phenoxy) is 3. The highest BCUT2D eigenvalue weighted by atomic mass is 16.7. The van der Waals surface area contributed by atoms with Gasteiger partial charge in [-0.05, 0) is 82.6 Å². The van der Waals surface area contributed by atoms with E-state index in [0.717, 1.165) is 61.3 Å². The van der Waals surface area contributed by atoms with Crippen molar-refractivity contribution < 1.29 is 19.0 Å². The maximum Gasteiger partial charge on any atom is 0.170 e. The van der Waals surface area contributed by atoms with Crippen LogP contribution in [0.5, 0.6) is 0 Å². The van der Waals surface area contributed by atoms with Gasteiger partial charge in [0.2, 0.25) is 0 Å². The highest BCUT2D eigenvalue weighted by Crippen LogP contribution is 2.39. The summed E-state index contributed by atoms with van der Waals surface area (Å²) >= 11 is 0. The van der Waals surface area contributed by atoms with Gasteiger partial charge in [-0.25, -0.2) is 4.68 Å². The third-order valence-electron chi connectivity index (χ3n) is 8.15. The van der Waals surface area contributed by atoms with Gasteiger partial charge in [0, 0.05) is 19.2 Å². The number of rotatable bonds is 10. The fourth-order valence-corrected chi connectivity index (χ4v) is 5.64. The summed E-state index contributed by atoms with van der Waals surface area (Å²) in [5, 5.41) is 14.6. The number of Topliss-reactive ketones (excluding diaryl/α,β-unsaturated/α-hetero) is 1. The van der Waals surface area contributed by atoms with Crippen molar-refractivity contribution in [3.05, 3.63) is 76.9 Å². The fourth-order valence-electron chi connectivity index (χ4n) is 5.64. The van der Waals surface area contributed by atoms with Crippen molar-refractivity contribution in [2.75, 3.05) is 19.8 Å². The summed E-state index contributed by atoms with van der Waals surface area (Å²) in [6, 6.07) is 14.4. The largest absolute Gasteiger partial charge is 0.376 e. The summed E-state index contributed by atoms with van der Waals surface area (Å²) in [4.78, 5) is 17.8. The van der Waals surface area contributed by atoms with Crippen LogP contribution in [0.25, 0.3) is 5.69 Å². The van der Waals surface area contributed by atoms with Crippen LogP contribution in [0.3, 0.4) is 0 Å². The molecule has 1 aliphatic carbocycles. The lowest BCUT2D eigenvalue weighted by molar-refractivity contribution is -0.172. The zero-order valence-electron chi connectivity index (χ0n) is 23.5. The average molecular weight is 543 g/mol. The van der Waals surface area contributed by atoms with Crippen molar-refractivity contribution in [2.24, 2.45) is 0 Å². The van der Waals surface area contributed by atoms with Crippen molar-refractivity contribution in [2.45, 2.75) is 83.0 Å². The van der Waals surface area contributed by atoms with Crippen LogP contribution in [-0.4, -0.2) is 52.8 Å². The molecule has 40 heavy (non-hydrogen) atoms. The number of hydrogen-bond acceptors (Lipinski definition) is 7. The number of benzene rings is 1. The Morgan fingerprint density at radius 1 is 1.05 bits per heavy atom. The molecule has 3 aromatic rings. The first-order valence-electron chi connectivity index (χ1n) is 14.3. The van der Waals surface area contributed by atoms with Crippen molar-refractivity contribution in [3.8, 4) is 11.8 Å². The molecule has 1 saturated heterocycles. The molecule has 0 spiro atoms. The molecule has 5 rings (SSSR count). The van der Waals surface area contributed by atoms with E-state index in [1.165, 1.54) is 5.56 Å². The van der Waals surface area contributed by atoms with Crippen LogP contribution in [0, 0.1) is 25.2 Å². The molecule has 0 bridgehead atoms. The second kappa shape index (κ2) is 12.9. The van der Waals surface area contributed by atoms with Gasteiger partial charge in [-0.15, -0.1) is 0 Å². The minimum Gasteiger partial charge on any atom is -0.376 e. The van der Waals surface area contributed by atoms with Crippen molar-refractivity contribution in [1.82, 2.24) is 14.8 Å². The maximum absolute atomic E-state index is 13.1. The molecule has 1 atom stereocenters. The first-order chi connectivity index (χ1) is 19.5. The molecular weight excluding hydrogens is 504 g/mol. The highest BCUT2D eigenvalue weighted by Gasteiger charge is 2.38. The predicted molar refractivity (Wildman–Crippen MR) is 150 cm³/mol. The van der Waals surface area contributed by atoms with E-state index < -0.39 is 5.41 Å². The fraction of sp³-hybridized carbons (Fsp3) is 0.500. The van der Waals surface area contributed by atoms with Gasteiger partial charge in [-0.2, -0.15) is 10.4 Å². The topological polar surface area (TPSA) is 99.3 Å². The summed E-state index contributed by atoms with van der Waals surface area (Å²) in [5.74, 6) is -0.00269. The van der Waals surface area contributed by atoms with Crippen molar-refractivity contribution in [1.29, 1.82) is 5.26 Å². The number of hydrogen-bond donors (Lipinski definition) is 0. The van der Waals surface area contributed by atoms with Crippen LogP contribution in [-0.2, 0) is 26.0 Å². The summed E-state index contributed by atoms with van der Waals surface area (Å²) in [6.45, 7) is 5.79. The number of carbonyl (C=O) groups excluding carboxylic acids is 1. The molecule has 210 valence electrons. The molecule has 3 heterocycles. The van der Waals surface area contributed by atoms with Gasteiger partial charge in [0.05, 0.1) is 59.6 Å². The highest BCUT2D eigenvalue weighted by molar-refractivity contribution is 5.98. The third kappa shape index (κ3) is 6.49. The maximum atomic E-state index is 13.1. The normalized spacial score (nSPS) is 23.0. The summed E-state index contributed by atoms with van der Waals surface area (Å²) in [6.07, 6.45) is 9.85. The zero-order valence-corrected chi connectivity index (χ0v) is 23.5. The van der Waals surface area contributed by atoms with Crippen LogP contribution in [0.1, 0.15) is 77.8 Å². The van der Waals surface area contributed by atoms with E-state index in [1.54, 1.807) is 17.1 Å². The molecule has 0 radical (unpaired) electrons. The first kappa shape index (κ1) is 28.2. The smallest absolute Gasteiger partial charge is 0.170 e. The summed E-state index contributed by atoms with van der Waals surface area (Å²) < 4.78 is 19.2. The Morgan fingerprint density at radius 3 is 2.50 bits per heavy atom. The van der Waals surface area contributed by atoms with E-state index >= 15 is 0 Å². The second-order valence-electron chi connectivity index (χ2n) is 11.0. The van der Waals surface area contributed by atoms with Crippen LogP contribution in [0.4, 0.5) is 0 Å². The van der Waals surface area contributed by atoms with Gasteiger partial charge >= 0.3 is 0 Å². The summed E-state index contributed by atoms with van der Waals surface area (Å²) in [7, 11) is 0. The standard InChI is InChI=1S/C32H38N4O4/c1-23-6-9-26(10-7-23)36-24(2)28(21-35-36)29(37)19-25-8-11-30(34-20-25)32(22-33)14-12-27(13-15-32)38-17-18-40-31-5-3-4-16-39-31/h6-11,20-21,27,31H,3-5,12-19H2,1-2H3. The molecule has 2 aliphatic rings. The molecule has 8 heteroatoms. The van der Waals surface area contributed by atoms with Gasteiger partial charge in [0.15, 0.2) is 12.1 Å². The van der Waals surface area contributed by atoms with Gasteiger partial charge in [0.25, 0.3) is 0 Å². The Bertz CT molecular complexity index is 1310. The quantitative estimate of drug-likeness (QED) is 0.244. The van der Waals surface area contributed by atoms with Gasteiger partial charge in [-0.3, -0.25) is 9.78 Å². The Morgan fingerprint density at radius 2 is 1.82 bits per heavy atom. The van der Waals surface area contributed by atoms with Gasteiger partial charge in [0.1, 0.15) is 0 Å². The van der Waals surface area contributed by atoms with Crippen LogP contribution < -0.4 is 0 Å². The second-order valence-corrected chi connectivity index (χ2v) is 11.0. The number of nitrogens with zero attached hydrogens (tertiary/aromatic N) is 4. The first-order valence-corrected chi connectivity index (χ1v) is 14.3. The molecule has 0 N–H and O–H groups in total. The zero-order chi connectivity index (χ0) is 28.0. The molecule has 1 aliphatic heterocycles. The van der Waals surface area contributed by atoms with E-state index in [9.17, 15) is 10.1 Å². The lowest BCUT2D eigenvalue weighted by Gasteiger charge is -2.34. The molecule has 1 aromatic carbocycles. The number of aromatic nitrogens is 3. The molecule has 2 aromatic heterocycles. The molecule has 8 nitrogen and oxygen atoms in total. The Labute approximate surface area is 236 Å². The molecule has 1 unspecified atom stereocenters. The van der Waals surface area contributed by atoms with Gasteiger partial charge < -0.3 is 14.2 Å². The van der Waals surface area contributed by atoms with Crippen molar-refractivity contribution >= 4 is 5.78 Å². The lowest BCUT2D eigenvalue weighted by atomic mass is 9.71. The minimum absolute atomic E-state index is 0.00269. The predicted octanol–water partition coefficient (Wildman–Crippen LogP) is 5.57. The minimum atomic E-state index is -0.624. The van der Waals surface area contributed by atoms with Crippen molar-refractivity contribution in [3.63, 3.8) is 0 Å². The number of pyridine rings is 1. The van der Waals surface area contributed by atoms with E-state index in [2.05, 4.69) is 16.2 Å². The molecule has 1 saturated carbocycles. The number of nitriles is 1. The molecule has 2 fully saturated rings. The number of carbonyl (C=O) groups is 1.